The lowest BCUT2D eigenvalue weighted by molar-refractivity contribution is -0.141. The minimum Gasteiger partial charge on any atom is -0.466 e. The molecule has 0 saturated heterocycles. The fourth-order valence-electron chi connectivity index (χ4n) is 3.60. The van der Waals surface area contributed by atoms with Crippen molar-refractivity contribution in [3.63, 3.8) is 0 Å². The van der Waals surface area contributed by atoms with E-state index in [0.717, 1.165) is 18.4 Å². The molecule has 0 saturated carbocycles. The van der Waals surface area contributed by atoms with E-state index >= 15 is 0 Å². The molecular formula is C24H36N2O4. The molecule has 0 fully saturated rings. The fraction of sp³-hybridized carbons (Fsp3) is 0.625. The second-order valence-corrected chi connectivity index (χ2v) is 8.83. The molecule has 166 valence electrons. The third kappa shape index (κ3) is 5.21. The van der Waals surface area contributed by atoms with Crippen LogP contribution in [-0.4, -0.2) is 23.3 Å². The average Bonchev–Trinajstić information content (AvgIpc) is 3.33. The topological polar surface area (TPSA) is 80.9 Å². The zero-order valence-electron chi connectivity index (χ0n) is 19.4. The van der Waals surface area contributed by atoms with Crippen molar-refractivity contribution in [2.24, 2.45) is 22.7 Å². The van der Waals surface area contributed by atoms with Crippen LogP contribution >= 0.6 is 0 Å². The van der Waals surface area contributed by atoms with Crippen molar-refractivity contribution < 1.29 is 18.7 Å². The van der Waals surface area contributed by atoms with Gasteiger partial charge in [0.05, 0.1) is 6.26 Å². The number of hydrogen-bond acceptors (Lipinski definition) is 5. The van der Waals surface area contributed by atoms with Gasteiger partial charge in [0.2, 0.25) is 0 Å². The maximum Gasteiger partial charge on any atom is 0.335 e. The molecule has 1 aliphatic heterocycles. The number of esters is 1. The summed E-state index contributed by atoms with van der Waals surface area (Å²) in [5.41, 5.74) is 0.541. The van der Waals surface area contributed by atoms with Crippen LogP contribution in [0, 0.1) is 17.8 Å². The standard InChI is InChI=1S/C24H36N2O4/c1-8-16(5)20(22(27)30-14-18-11-10-12-29-18)19(13-15(3)4)21-25-23(28)24(7,26-21)17(6)9-2/h10-12,15-17H,8-9,13-14H2,1-7H3,(H,25,26,28)/b20-19+. The molecule has 2 heterocycles. The van der Waals surface area contributed by atoms with Crippen LogP contribution in [0.25, 0.3) is 0 Å². The van der Waals surface area contributed by atoms with Crippen LogP contribution in [0.3, 0.4) is 0 Å². The van der Waals surface area contributed by atoms with Crippen molar-refractivity contribution in [3.05, 3.63) is 35.3 Å². The Hall–Kier alpha value is -2.37. The highest BCUT2D eigenvalue weighted by Gasteiger charge is 2.44. The summed E-state index contributed by atoms with van der Waals surface area (Å²) in [5.74, 6) is 0.957. The predicted octanol–water partition coefficient (Wildman–Crippen LogP) is 5.04. The number of amidine groups is 1. The van der Waals surface area contributed by atoms with E-state index in [1.165, 1.54) is 0 Å². The smallest absolute Gasteiger partial charge is 0.335 e. The molecular weight excluding hydrogens is 380 g/mol. The number of carbonyl (C=O) groups is 2. The van der Waals surface area contributed by atoms with E-state index < -0.39 is 5.54 Å². The van der Waals surface area contributed by atoms with Crippen LogP contribution in [0.4, 0.5) is 0 Å². The second kappa shape index (κ2) is 10.1. The van der Waals surface area contributed by atoms with Gasteiger partial charge in [0.1, 0.15) is 23.7 Å². The average molecular weight is 417 g/mol. The van der Waals surface area contributed by atoms with Crippen molar-refractivity contribution in [3.8, 4) is 0 Å². The van der Waals surface area contributed by atoms with Crippen LogP contribution in [0.1, 0.15) is 73.5 Å². The molecule has 6 heteroatoms. The Morgan fingerprint density at radius 3 is 2.47 bits per heavy atom. The Kier molecular flexibility index (Phi) is 8.04. The Balaban J connectivity index is 2.49. The predicted molar refractivity (Wildman–Crippen MR) is 118 cm³/mol. The zero-order chi connectivity index (χ0) is 22.5. The molecule has 1 aliphatic rings. The Labute approximate surface area is 180 Å². The molecule has 6 nitrogen and oxygen atoms in total. The summed E-state index contributed by atoms with van der Waals surface area (Å²) in [7, 11) is 0. The van der Waals surface area contributed by atoms with Crippen LogP contribution in [-0.2, 0) is 20.9 Å². The second-order valence-electron chi connectivity index (χ2n) is 8.83. The number of carbonyl (C=O) groups excluding carboxylic acids is 2. The lowest BCUT2D eigenvalue weighted by Crippen LogP contribution is -2.42. The molecule has 3 atom stereocenters. The van der Waals surface area contributed by atoms with Crippen LogP contribution in [0.2, 0.25) is 0 Å². The van der Waals surface area contributed by atoms with E-state index in [2.05, 4.69) is 26.1 Å². The van der Waals surface area contributed by atoms with Gasteiger partial charge < -0.3 is 14.5 Å². The molecule has 30 heavy (non-hydrogen) atoms. The quantitative estimate of drug-likeness (QED) is 0.428. The number of nitrogens with one attached hydrogen (secondary N) is 1. The monoisotopic (exact) mass is 416 g/mol. The Morgan fingerprint density at radius 1 is 1.23 bits per heavy atom. The maximum absolute atomic E-state index is 13.2. The third-order valence-electron chi connectivity index (χ3n) is 6.08. The largest absolute Gasteiger partial charge is 0.466 e. The zero-order valence-corrected chi connectivity index (χ0v) is 19.4. The Morgan fingerprint density at radius 2 is 1.93 bits per heavy atom. The highest BCUT2D eigenvalue weighted by atomic mass is 16.5. The summed E-state index contributed by atoms with van der Waals surface area (Å²) in [4.78, 5) is 30.8. The fourth-order valence-corrected chi connectivity index (χ4v) is 3.60. The first-order valence-corrected chi connectivity index (χ1v) is 11.0. The van der Waals surface area contributed by atoms with Gasteiger partial charge in [-0.3, -0.25) is 9.79 Å². The number of rotatable bonds is 10. The first-order valence-electron chi connectivity index (χ1n) is 11.0. The molecule has 2 rings (SSSR count). The number of nitrogens with zero attached hydrogens (tertiary/aromatic N) is 1. The Bertz CT molecular complexity index is 807. The summed E-state index contributed by atoms with van der Waals surface area (Å²) >= 11 is 0. The normalized spacial score (nSPS) is 21.7. The minimum absolute atomic E-state index is 0.0297. The molecule has 0 aliphatic carbocycles. The lowest BCUT2D eigenvalue weighted by Gasteiger charge is -2.24. The van der Waals surface area contributed by atoms with Crippen LogP contribution in [0.15, 0.2) is 39.0 Å². The summed E-state index contributed by atoms with van der Waals surface area (Å²) in [6.07, 6.45) is 3.80. The van der Waals surface area contributed by atoms with Crippen molar-refractivity contribution in [2.75, 3.05) is 0 Å². The van der Waals surface area contributed by atoms with Gasteiger partial charge in [-0.1, -0.05) is 48.0 Å². The van der Waals surface area contributed by atoms with E-state index in [9.17, 15) is 9.59 Å². The first kappa shape index (κ1) is 23.9. The van der Waals surface area contributed by atoms with Crippen molar-refractivity contribution >= 4 is 17.7 Å². The molecule has 1 aromatic rings. The SMILES string of the molecule is CCC(C)/C(C(=O)OCc1ccco1)=C(/CC(C)C)C1=NC(C)(C(C)CC)C(=O)N1. The van der Waals surface area contributed by atoms with Gasteiger partial charge in [0, 0.05) is 11.1 Å². The number of ether oxygens (including phenoxy) is 1. The van der Waals surface area contributed by atoms with Crippen molar-refractivity contribution in [1.82, 2.24) is 5.32 Å². The highest BCUT2D eigenvalue weighted by molar-refractivity contribution is 6.17. The lowest BCUT2D eigenvalue weighted by atomic mass is 9.85. The molecule has 1 aromatic heterocycles. The summed E-state index contributed by atoms with van der Waals surface area (Å²) < 4.78 is 10.9. The van der Waals surface area contributed by atoms with Gasteiger partial charge in [-0.2, -0.15) is 0 Å². The number of amides is 1. The van der Waals surface area contributed by atoms with Crippen molar-refractivity contribution in [1.29, 1.82) is 0 Å². The number of aliphatic imine (C=N–C) groups is 1. The molecule has 1 N–H and O–H groups in total. The highest BCUT2D eigenvalue weighted by Crippen LogP contribution is 2.33. The molecule has 0 spiro atoms. The van der Waals surface area contributed by atoms with E-state index in [1.54, 1.807) is 18.4 Å². The summed E-state index contributed by atoms with van der Waals surface area (Å²) in [6.45, 7) is 14.3. The van der Waals surface area contributed by atoms with E-state index in [4.69, 9.17) is 14.1 Å². The van der Waals surface area contributed by atoms with E-state index in [-0.39, 0.29) is 36.2 Å². The van der Waals surface area contributed by atoms with Gasteiger partial charge in [-0.15, -0.1) is 0 Å². The van der Waals surface area contributed by atoms with Gasteiger partial charge in [0.15, 0.2) is 0 Å². The van der Waals surface area contributed by atoms with Gasteiger partial charge in [-0.25, -0.2) is 4.79 Å². The molecule has 0 radical (unpaired) electrons. The maximum atomic E-state index is 13.2. The third-order valence-corrected chi connectivity index (χ3v) is 6.08. The van der Waals surface area contributed by atoms with Gasteiger partial charge >= 0.3 is 5.97 Å². The first-order chi connectivity index (χ1) is 14.1. The van der Waals surface area contributed by atoms with Gasteiger partial charge in [-0.05, 0) is 49.7 Å². The van der Waals surface area contributed by atoms with Crippen LogP contribution < -0.4 is 5.32 Å². The molecule has 0 aromatic carbocycles. The van der Waals surface area contributed by atoms with Crippen molar-refractivity contribution in [2.45, 2.75) is 79.9 Å². The van der Waals surface area contributed by atoms with Gasteiger partial charge in [0.25, 0.3) is 5.91 Å². The summed E-state index contributed by atoms with van der Waals surface area (Å²) in [6, 6.07) is 3.53. The minimum atomic E-state index is -0.828. The molecule has 3 unspecified atom stereocenters. The van der Waals surface area contributed by atoms with Crippen LogP contribution in [0.5, 0.6) is 0 Å². The number of hydrogen-bond donors (Lipinski definition) is 1. The molecule has 0 bridgehead atoms. The number of furan rings is 1. The van der Waals surface area contributed by atoms with E-state index in [1.807, 2.05) is 27.7 Å². The summed E-state index contributed by atoms with van der Waals surface area (Å²) in [5, 5.41) is 2.98. The van der Waals surface area contributed by atoms with E-state index in [0.29, 0.717) is 23.6 Å². The molecule has 1 amide bonds.